The number of methoxy groups -OCH3 is 1. The Bertz CT molecular complexity index is 856. The first kappa shape index (κ1) is 18.3. The molecule has 2 saturated heterocycles. The Balaban J connectivity index is 1.43. The molecule has 0 bridgehead atoms. The number of nitrogens with one attached hydrogen (secondary N) is 1. The molecule has 2 heterocycles. The Morgan fingerprint density at radius 1 is 1.14 bits per heavy atom. The number of carbonyl (C=O) groups excluding carboxylic acids is 2. The van der Waals surface area contributed by atoms with Gasteiger partial charge in [-0.05, 0) is 29.8 Å². The average Bonchev–Trinajstić information content (AvgIpc) is 3.25. The van der Waals surface area contributed by atoms with Crippen molar-refractivity contribution < 1.29 is 19.4 Å². The molecule has 0 aliphatic carbocycles. The predicted octanol–water partition coefficient (Wildman–Crippen LogP) is 1.93. The van der Waals surface area contributed by atoms with E-state index in [0.717, 1.165) is 5.56 Å². The van der Waals surface area contributed by atoms with Crippen LogP contribution in [0.4, 0.5) is 10.5 Å². The lowest BCUT2D eigenvalue weighted by molar-refractivity contribution is -0.136. The van der Waals surface area contributed by atoms with Crippen molar-refractivity contribution in [1.82, 2.24) is 9.80 Å². The van der Waals surface area contributed by atoms with Crippen LogP contribution >= 0.6 is 0 Å². The molecule has 3 atom stereocenters. The van der Waals surface area contributed by atoms with Gasteiger partial charge in [0, 0.05) is 31.2 Å². The van der Waals surface area contributed by atoms with Crippen molar-refractivity contribution in [2.24, 2.45) is 5.92 Å². The lowest BCUT2D eigenvalue weighted by Gasteiger charge is -2.25. The van der Waals surface area contributed by atoms with Gasteiger partial charge in [0.05, 0.1) is 13.2 Å². The van der Waals surface area contributed by atoms with Crippen molar-refractivity contribution >= 4 is 17.6 Å². The Morgan fingerprint density at radius 3 is 2.54 bits per heavy atom. The number of hydrogen-bond donors (Lipinski definition) is 2. The molecule has 146 valence electrons. The van der Waals surface area contributed by atoms with E-state index in [-0.39, 0.29) is 23.9 Å². The van der Waals surface area contributed by atoms with Crippen LogP contribution < -0.4 is 10.1 Å². The first-order chi connectivity index (χ1) is 13.6. The SMILES string of the molecule is COc1ccc(NC(=O)N2C[C@@H]3[C@H](O)C(=O)N(Cc4ccccc4)[C@@H]3C2)cc1. The van der Waals surface area contributed by atoms with Gasteiger partial charge in [-0.2, -0.15) is 0 Å². The molecule has 2 aromatic rings. The Labute approximate surface area is 163 Å². The number of urea groups is 1. The molecule has 0 spiro atoms. The van der Waals surface area contributed by atoms with Gasteiger partial charge in [-0.15, -0.1) is 0 Å². The number of aliphatic hydroxyl groups excluding tert-OH is 1. The van der Waals surface area contributed by atoms with Gasteiger partial charge in [-0.25, -0.2) is 4.79 Å². The molecule has 0 saturated carbocycles. The van der Waals surface area contributed by atoms with Gasteiger partial charge in [0.2, 0.25) is 0 Å². The molecule has 7 heteroatoms. The van der Waals surface area contributed by atoms with Crippen molar-refractivity contribution in [3.8, 4) is 5.75 Å². The van der Waals surface area contributed by atoms with Gasteiger partial charge < -0.3 is 25.0 Å². The molecule has 0 radical (unpaired) electrons. The highest BCUT2D eigenvalue weighted by Crippen LogP contribution is 2.34. The summed E-state index contributed by atoms with van der Waals surface area (Å²) in [5.74, 6) is 0.193. The quantitative estimate of drug-likeness (QED) is 0.848. The van der Waals surface area contributed by atoms with Crippen LogP contribution in [0.1, 0.15) is 5.56 Å². The van der Waals surface area contributed by atoms with E-state index in [1.54, 1.807) is 41.2 Å². The summed E-state index contributed by atoms with van der Waals surface area (Å²) in [6.07, 6.45) is -1.06. The van der Waals surface area contributed by atoms with E-state index < -0.39 is 6.10 Å². The molecule has 2 aliphatic heterocycles. The first-order valence-electron chi connectivity index (χ1n) is 9.29. The molecule has 2 fully saturated rings. The molecule has 7 nitrogen and oxygen atoms in total. The van der Waals surface area contributed by atoms with Crippen LogP contribution in [0.15, 0.2) is 54.6 Å². The molecule has 2 N–H and O–H groups in total. The molecule has 3 amide bonds. The topological polar surface area (TPSA) is 82.1 Å². The van der Waals surface area contributed by atoms with Crippen LogP contribution in [-0.2, 0) is 11.3 Å². The molecule has 4 rings (SSSR count). The van der Waals surface area contributed by atoms with E-state index in [1.165, 1.54) is 0 Å². The maximum absolute atomic E-state index is 12.7. The number of carbonyl (C=O) groups is 2. The fourth-order valence-electron chi connectivity index (χ4n) is 3.99. The highest BCUT2D eigenvalue weighted by Gasteiger charge is 2.52. The molecule has 28 heavy (non-hydrogen) atoms. The van der Waals surface area contributed by atoms with Crippen molar-refractivity contribution in [1.29, 1.82) is 0 Å². The van der Waals surface area contributed by atoms with Crippen molar-refractivity contribution in [2.45, 2.75) is 18.7 Å². The second-order valence-electron chi connectivity index (χ2n) is 7.19. The molecule has 2 aliphatic rings. The van der Waals surface area contributed by atoms with E-state index in [1.807, 2.05) is 30.3 Å². The fraction of sp³-hybridized carbons (Fsp3) is 0.333. The van der Waals surface area contributed by atoms with E-state index in [0.29, 0.717) is 31.1 Å². The number of hydrogen-bond acceptors (Lipinski definition) is 4. The summed E-state index contributed by atoms with van der Waals surface area (Å²) in [5, 5.41) is 13.3. The maximum Gasteiger partial charge on any atom is 0.321 e. The van der Waals surface area contributed by atoms with Crippen molar-refractivity contribution in [3.05, 3.63) is 60.2 Å². The minimum atomic E-state index is -1.06. The van der Waals surface area contributed by atoms with Crippen molar-refractivity contribution in [3.63, 3.8) is 0 Å². The molecule has 0 aromatic heterocycles. The first-order valence-corrected chi connectivity index (χ1v) is 9.29. The predicted molar refractivity (Wildman–Crippen MR) is 104 cm³/mol. The number of nitrogens with zero attached hydrogens (tertiary/aromatic N) is 2. The molecule has 2 aromatic carbocycles. The third-order valence-corrected chi connectivity index (χ3v) is 5.50. The lowest BCUT2D eigenvalue weighted by Crippen LogP contribution is -2.41. The standard InChI is InChI=1S/C21H23N3O4/c1-28-16-9-7-15(8-10-16)22-21(27)23-12-17-18(13-23)24(20(26)19(17)25)11-14-5-3-2-4-6-14/h2-10,17-19,25H,11-13H2,1H3,(H,22,27)/t17-,18+,19-/m0/s1. The van der Waals surface area contributed by atoms with Crippen LogP contribution in [0.3, 0.4) is 0 Å². The number of fused-ring (bicyclic) bond motifs is 1. The summed E-state index contributed by atoms with van der Waals surface area (Å²) in [7, 11) is 1.59. The number of aliphatic hydroxyl groups is 1. The summed E-state index contributed by atoms with van der Waals surface area (Å²) in [4.78, 5) is 28.5. The maximum atomic E-state index is 12.7. The van der Waals surface area contributed by atoms with E-state index in [9.17, 15) is 14.7 Å². The number of benzene rings is 2. The van der Waals surface area contributed by atoms with Gasteiger partial charge in [0.1, 0.15) is 11.9 Å². The minimum absolute atomic E-state index is 0.177. The zero-order chi connectivity index (χ0) is 19.7. The Morgan fingerprint density at radius 2 is 1.86 bits per heavy atom. The van der Waals surface area contributed by atoms with E-state index in [2.05, 4.69) is 5.32 Å². The summed E-state index contributed by atoms with van der Waals surface area (Å²) in [5.41, 5.74) is 1.67. The average molecular weight is 381 g/mol. The minimum Gasteiger partial charge on any atom is -0.497 e. The number of amides is 3. The molecule has 0 unspecified atom stereocenters. The third kappa shape index (κ3) is 3.41. The number of likely N-dealkylation sites (tertiary alicyclic amines) is 2. The largest absolute Gasteiger partial charge is 0.497 e. The van der Waals surface area contributed by atoms with Crippen LogP contribution in [0.25, 0.3) is 0 Å². The third-order valence-electron chi connectivity index (χ3n) is 5.50. The summed E-state index contributed by atoms with van der Waals surface area (Å²) >= 11 is 0. The van der Waals surface area contributed by atoms with Gasteiger partial charge in [-0.3, -0.25) is 4.79 Å². The monoisotopic (exact) mass is 381 g/mol. The normalized spacial score (nSPS) is 23.6. The highest BCUT2D eigenvalue weighted by atomic mass is 16.5. The second kappa shape index (κ2) is 7.52. The fourth-order valence-corrected chi connectivity index (χ4v) is 3.99. The smallest absolute Gasteiger partial charge is 0.321 e. The van der Waals surface area contributed by atoms with E-state index >= 15 is 0 Å². The number of anilines is 1. The second-order valence-corrected chi connectivity index (χ2v) is 7.19. The zero-order valence-corrected chi connectivity index (χ0v) is 15.6. The molecular formula is C21H23N3O4. The van der Waals surface area contributed by atoms with Crippen LogP contribution in [0.5, 0.6) is 5.75 Å². The van der Waals surface area contributed by atoms with Gasteiger partial charge in [-0.1, -0.05) is 30.3 Å². The van der Waals surface area contributed by atoms with Crippen LogP contribution in [0, 0.1) is 5.92 Å². The Hall–Kier alpha value is -3.06. The van der Waals surface area contributed by atoms with Gasteiger partial charge in [0.25, 0.3) is 5.91 Å². The zero-order valence-electron chi connectivity index (χ0n) is 15.6. The lowest BCUT2D eigenvalue weighted by atomic mass is 10.0. The highest BCUT2D eigenvalue weighted by molar-refractivity contribution is 5.90. The Kier molecular flexibility index (Phi) is 4.92. The number of rotatable bonds is 4. The van der Waals surface area contributed by atoms with E-state index in [4.69, 9.17) is 4.74 Å². The van der Waals surface area contributed by atoms with Crippen molar-refractivity contribution in [2.75, 3.05) is 25.5 Å². The molecular weight excluding hydrogens is 358 g/mol. The summed E-state index contributed by atoms with van der Waals surface area (Å²) in [6.45, 7) is 1.19. The van der Waals surface area contributed by atoms with Crippen LogP contribution in [0.2, 0.25) is 0 Å². The summed E-state index contributed by atoms with van der Waals surface area (Å²) in [6, 6.07) is 16.4. The number of ether oxygens (including phenoxy) is 1. The summed E-state index contributed by atoms with van der Waals surface area (Å²) < 4.78 is 5.12. The van der Waals surface area contributed by atoms with Crippen LogP contribution in [-0.4, -0.2) is 59.2 Å². The van der Waals surface area contributed by atoms with Gasteiger partial charge in [0.15, 0.2) is 0 Å². The van der Waals surface area contributed by atoms with Gasteiger partial charge >= 0.3 is 6.03 Å².